The fourth-order valence-corrected chi connectivity index (χ4v) is 3.16. The lowest BCUT2D eigenvalue weighted by Gasteiger charge is -2.11. The molecule has 2 aromatic carbocycles. The van der Waals surface area contributed by atoms with Crippen molar-refractivity contribution in [3.8, 4) is 5.75 Å². The molecule has 142 valence electrons. The maximum atomic E-state index is 14.2. The van der Waals surface area contributed by atoms with Crippen molar-refractivity contribution in [2.24, 2.45) is 0 Å². The van der Waals surface area contributed by atoms with Crippen LogP contribution in [0.1, 0.15) is 17.5 Å². The van der Waals surface area contributed by atoms with Crippen LogP contribution in [0.25, 0.3) is 5.70 Å². The lowest BCUT2D eigenvalue weighted by molar-refractivity contribution is -0.136. The van der Waals surface area contributed by atoms with Gasteiger partial charge in [-0.05, 0) is 60.3 Å². The molecule has 0 radical (unpaired) electrons. The van der Waals surface area contributed by atoms with Crippen molar-refractivity contribution in [1.82, 2.24) is 10.3 Å². The Morgan fingerprint density at radius 3 is 2.41 bits per heavy atom. The fourth-order valence-electron chi connectivity index (χ4n) is 2.49. The number of carboxylic acids is 1. The van der Waals surface area contributed by atoms with Gasteiger partial charge in [0.1, 0.15) is 12.4 Å². The summed E-state index contributed by atoms with van der Waals surface area (Å²) < 4.78 is 46.7. The van der Waals surface area contributed by atoms with Gasteiger partial charge in [0.15, 0.2) is 17.4 Å². The molecule has 0 aliphatic carbocycles. The third-order valence-electron chi connectivity index (χ3n) is 3.80. The molecule has 0 saturated heterocycles. The van der Waals surface area contributed by atoms with Gasteiger partial charge in [-0.1, -0.05) is 0 Å². The van der Waals surface area contributed by atoms with E-state index in [-0.39, 0.29) is 30.8 Å². The molecule has 3 rings (SSSR count). The monoisotopic (exact) mass is 396 g/mol. The minimum absolute atomic E-state index is 0.0208. The van der Waals surface area contributed by atoms with Crippen molar-refractivity contribution < 1.29 is 27.8 Å². The summed E-state index contributed by atoms with van der Waals surface area (Å²) in [4.78, 5) is 14.0. The summed E-state index contributed by atoms with van der Waals surface area (Å²) in [6.07, 6.45) is -0.200. The number of ether oxygens (including phenoxy) is 1. The van der Waals surface area contributed by atoms with Crippen LogP contribution in [0.2, 0.25) is 0 Å². The molecule has 0 spiro atoms. The van der Waals surface area contributed by atoms with Crippen LogP contribution in [-0.2, 0) is 11.2 Å². The fraction of sp³-hybridized carbons (Fsp3) is 0.167. The molecule has 9 heteroatoms. The van der Waals surface area contributed by atoms with Crippen LogP contribution in [0, 0.1) is 17.5 Å². The van der Waals surface area contributed by atoms with Crippen LogP contribution in [0.3, 0.4) is 0 Å². The van der Waals surface area contributed by atoms with Crippen molar-refractivity contribution in [3.05, 3.63) is 69.9 Å². The molecule has 27 heavy (non-hydrogen) atoms. The molecule has 1 aliphatic heterocycles. The van der Waals surface area contributed by atoms with Gasteiger partial charge in [0.25, 0.3) is 0 Å². The zero-order chi connectivity index (χ0) is 19.4. The first-order chi connectivity index (χ1) is 12.9. The van der Waals surface area contributed by atoms with Crippen LogP contribution in [0.4, 0.5) is 13.2 Å². The molecule has 2 aromatic rings. The molecule has 0 fully saturated rings. The molecule has 1 heterocycles. The number of hydrogen-bond acceptors (Lipinski definition) is 5. The predicted molar refractivity (Wildman–Crippen MR) is 95.0 cm³/mol. The number of carboxylic acid groups (broad SMARTS) is 1. The van der Waals surface area contributed by atoms with E-state index in [0.717, 1.165) is 12.1 Å². The topological polar surface area (TPSA) is 70.6 Å². The highest BCUT2D eigenvalue weighted by Gasteiger charge is 2.20. The standard InChI is InChI=1S/C18H15F3N2O3S/c19-12-4-2-11(3-5-12)17-15(27-23-22-17)9-26-18-13(20)7-10(8-14(18)21)1-6-16(24)25/h2-5,7-8,22-23H,1,6,9H2,(H,24,25). The van der Waals surface area contributed by atoms with Crippen molar-refractivity contribution in [3.63, 3.8) is 0 Å². The number of hydrazine groups is 1. The van der Waals surface area contributed by atoms with Gasteiger partial charge < -0.3 is 15.3 Å². The number of hydrogen-bond donors (Lipinski definition) is 3. The Kier molecular flexibility index (Phi) is 5.92. The normalized spacial score (nSPS) is 13.6. The second-order valence-corrected chi connectivity index (χ2v) is 6.61. The van der Waals surface area contributed by atoms with Gasteiger partial charge in [-0.2, -0.15) is 4.83 Å². The number of benzene rings is 2. The van der Waals surface area contributed by atoms with Gasteiger partial charge in [0.05, 0.1) is 10.6 Å². The highest BCUT2D eigenvalue weighted by Crippen LogP contribution is 2.30. The smallest absolute Gasteiger partial charge is 0.303 e. The minimum Gasteiger partial charge on any atom is -0.482 e. The van der Waals surface area contributed by atoms with Crippen molar-refractivity contribution in [2.75, 3.05) is 6.61 Å². The van der Waals surface area contributed by atoms with Crippen LogP contribution < -0.4 is 15.0 Å². The van der Waals surface area contributed by atoms with Crippen LogP contribution in [-0.4, -0.2) is 17.7 Å². The Balaban J connectivity index is 1.74. The molecule has 0 unspecified atom stereocenters. The van der Waals surface area contributed by atoms with E-state index in [1.54, 1.807) is 12.1 Å². The quantitative estimate of drug-likeness (QED) is 0.621. The highest BCUT2D eigenvalue weighted by atomic mass is 32.2. The van der Waals surface area contributed by atoms with Crippen LogP contribution in [0.5, 0.6) is 5.75 Å². The third-order valence-corrected chi connectivity index (χ3v) is 4.57. The molecule has 0 bridgehead atoms. The first-order valence-corrected chi connectivity index (χ1v) is 8.75. The summed E-state index contributed by atoms with van der Waals surface area (Å²) >= 11 is 1.18. The molecule has 0 amide bonds. The number of rotatable bonds is 7. The van der Waals surface area contributed by atoms with E-state index < -0.39 is 23.4 Å². The summed E-state index contributed by atoms with van der Waals surface area (Å²) in [6, 6.07) is 7.89. The van der Waals surface area contributed by atoms with E-state index in [1.165, 1.54) is 24.1 Å². The highest BCUT2D eigenvalue weighted by molar-refractivity contribution is 8.01. The van der Waals surface area contributed by atoms with E-state index in [4.69, 9.17) is 9.84 Å². The van der Waals surface area contributed by atoms with Gasteiger partial charge >= 0.3 is 5.97 Å². The molecule has 0 atom stereocenters. The zero-order valence-electron chi connectivity index (χ0n) is 13.9. The summed E-state index contributed by atoms with van der Waals surface area (Å²) in [5, 5.41) is 8.66. The van der Waals surface area contributed by atoms with Gasteiger partial charge in [-0.3, -0.25) is 4.79 Å². The Morgan fingerprint density at radius 1 is 1.11 bits per heavy atom. The molecule has 1 aliphatic rings. The third kappa shape index (κ3) is 4.75. The zero-order valence-corrected chi connectivity index (χ0v) is 14.7. The van der Waals surface area contributed by atoms with E-state index in [1.807, 2.05) is 0 Å². The van der Waals surface area contributed by atoms with E-state index in [0.29, 0.717) is 16.2 Å². The Labute approximate surface area is 157 Å². The summed E-state index contributed by atoms with van der Waals surface area (Å²) in [5.41, 5.74) is 4.45. The van der Waals surface area contributed by atoms with Crippen molar-refractivity contribution >= 4 is 23.6 Å². The second kappa shape index (κ2) is 8.36. The molecule has 5 nitrogen and oxygen atoms in total. The van der Waals surface area contributed by atoms with Crippen molar-refractivity contribution in [1.29, 1.82) is 0 Å². The summed E-state index contributed by atoms with van der Waals surface area (Å²) in [5.74, 6) is -3.75. The molecule has 3 N–H and O–H groups in total. The number of halogens is 3. The van der Waals surface area contributed by atoms with Crippen LogP contribution in [0.15, 0.2) is 41.3 Å². The van der Waals surface area contributed by atoms with Gasteiger partial charge in [0, 0.05) is 12.0 Å². The lowest BCUT2D eigenvalue weighted by atomic mass is 10.1. The Bertz CT molecular complexity index is 865. The SMILES string of the molecule is O=C(O)CCc1cc(F)c(OCC2=C(c3ccc(F)cc3)NNS2)c(F)c1. The van der Waals surface area contributed by atoms with E-state index in [2.05, 4.69) is 10.3 Å². The first kappa shape index (κ1) is 19.1. The average molecular weight is 396 g/mol. The summed E-state index contributed by atoms with van der Waals surface area (Å²) in [7, 11) is 0. The van der Waals surface area contributed by atoms with Gasteiger partial charge in [-0.15, -0.1) is 0 Å². The number of nitrogens with one attached hydrogen (secondary N) is 2. The Hall–Kier alpha value is -2.65. The van der Waals surface area contributed by atoms with Gasteiger partial charge in [-0.25, -0.2) is 13.2 Å². The first-order valence-electron chi connectivity index (χ1n) is 7.93. The predicted octanol–water partition coefficient (Wildman–Crippen LogP) is 3.62. The maximum Gasteiger partial charge on any atom is 0.303 e. The number of aryl methyl sites for hydroxylation is 1. The molecule has 0 aromatic heterocycles. The lowest BCUT2D eigenvalue weighted by Crippen LogP contribution is -2.17. The number of carbonyl (C=O) groups is 1. The van der Waals surface area contributed by atoms with E-state index >= 15 is 0 Å². The Morgan fingerprint density at radius 2 is 1.78 bits per heavy atom. The van der Waals surface area contributed by atoms with Gasteiger partial charge in [0.2, 0.25) is 0 Å². The minimum atomic E-state index is -1.05. The maximum absolute atomic E-state index is 14.2. The van der Waals surface area contributed by atoms with Crippen LogP contribution >= 0.6 is 11.9 Å². The second-order valence-electron chi connectivity index (χ2n) is 5.71. The van der Waals surface area contributed by atoms with Crippen molar-refractivity contribution in [2.45, 2.75) is 12.8 Å². The van der Waals surface area contributed by atoms with E-state index in [9.17, 15) is 18.0 Å². The molecular weight excluding hydrogens is 381 g/mol. The summed E-state index contributed by atoms with van der Waals surface area (Å²) in [6.45, 7) is -0.111. The number of aliphatic carboxylic acids is 1. The molecular formula is C18H15F3N2O3S. The largest absolute Gasteiger partial charge is 0.482 e. The average Bonchev–Trinajstić information content (AvgIpc) is 3.08. The molecule has 0 saturated carbocycles.